The molecule has 1 aromatic heterocycles. The van der Waals surface area contributed by atoms with E-state index in [9.17, 15) is 0 Å². The molecule has 0 radical (unpaired) electrons. The van der Waals surface area contributed by atoms with E-state index in [0.29, 0.717) is 0 Å². The molecule has 1 saturated heterocycles. The third-order valence-corrected chi connectivity index (χ3v) is 3.01. The summed E-state index contributed by atoms with van der Waals surface area (Å²) in [7, 11) is 1.95. The van der Waals surface area contributed by atoms with Crippen LogP contribution in [-0.4, -0.2) is 15.4 Å². The number of hydrogen-bond donors (Lipinski definition) is 0. The van der Waals surface area contributed by atoms with Gasteiger partial charge in [0.15, 0.2) is 0 Å². The minimum atomic E-state index is -0.00181. The fourth-order valence-electron chi connectivity index (χ4n) is 2.58. The van der Waals surface area contributed by atoms with Crippen LogP contribution in [0, 0.1) is 5.92 Å². The van der Waals surface area contributed by atoms with Crippen molar-refractivity contribution in [2.24, 2.45) is 13.0 Å². The van der Waals surface area contributed by atoms with Gasteiger partial charge in [-0.15, -0.1) is 0 Å². The summed E-state index contributed by atoms with van der Waals surface area (Å²) >= 11 is 0. The summed E-state index contributed by atoms with van der Waals surface area (Å²) < 4.78 is 7.93. The number of ether oxygens (including phenoxy) is 1. The Labute approximate surface area is 91.4 Å². The summed E-state index contributed by atoms with van der Waals surface area (Å²) in [4.78, 5) is 0. The van der Waals surface area contributed by atoms with Gasteiger partial charge in [-0.2, -0.15) is 5.10 Å². The zero-order valence-electron chi connectivity index (χ0n) is 10.0. The summed E-state index contributed by atoms with van der Waals surface area (Å²) in [5.41, 5.74) is 1.20. The lowest BCUT2D eigenvalue weighted by Crippen LogP contribution is -2.34. The maximum absolute atomic E-state index is 6.09. The van der Waals surface area contributed by atoms with Crippen molar-refractivity contribution in [1.29, 1.82) is 0 Å². The highest BCUT2D eigenvalue weighted by molar-refractivity contribution is 5.09. The minimum absolute atomic E-state index is 0.00181. The Bertz CT molecular complexity index is 343. The van der Waals surface area contributed by atoms with Crippen LogP contribution >= 0.6 is 0 Å². The molecule has 0 aliphatic carbocycles. The summed E-state index contributed by atoms with van der Waals surface area (Å²) in [5.74, 6) is 0.721. The van der Waals surface area contributed by atoms with Crippen molar-refractivity contribution in [2.75, 3.05) is 0 Å². The molecule has 15 heavy (non-hydrogen) atoms. The fraction of sp³-hybridized carbons (Fsp3) is 0.750. The molecule has 0 N–H and O–H groups in total. The first-order valence-corrected chi connectivity index (χ1v) is 5.63. The minimum Gasteiger partial charge on any atom is -0.368 e. The van der Waals surface area contributed by atoms with E-state index >= 15 is 0 Å². The molecule has 1 aliphatic rings. The fourth-order valence-corrected chi connectivity index (χ4v) is 2.58. The first-order valence-electron chi connectivity index (χ1n) is 5.63. The third kappa shape index (κ3) is 2.40. The Morgan fingerprint density at radius 3 is 2.80 bits per heavy atom. The molecule has 0 amide bonds. The van der Waals surface area contributed by atoms with Gasteiger partial charge in [-0.3, -0.25) is 4.68 Å². The highest BCUT2D eigenvalue weighted by Gasteiger charge is 2.33. The standard InChI is InChI=1S/C12H20N2O/c1-9-5-11(15-12(2,3)6-9)10-7-13-14(4)8-10/h7-9,11H,5-6H2,1-4H3/t9-,11+/m1/s1. The normalized spacial score (nSPS) is 30.4. The molecule has 0 saturated carbocycles. The van der Waals surface area contributed by atoms with Gasteiger partial charge in [0.25, 0.3) is 0 Å². The zero-order valence-corrected chi connectivity index (χ0v) is 10.0. The van der Waals surface area contributed by atoms with E-state index in [1.54, 1.807) is 0 Å². The molecule has 2 atom stereocenters. The van der Waals surface area contributed by atoms with Gasteiger partial charge in [0.05, 0.1) is 17.9 Å². The Morgan fingerprint density at radius 1 is 1.53 bits per heavy atom. The summed E-state index contributed by atoms with van der Waals surface area (Å²) in [6.07, 6.45) is 6.44. The van der Waals surface area contributed by atoms with Gasteiger partial charge in [0.1, 0.15) is 0 Å². The van der Waals surface area contributed by atoms with Crippen molar-refractivity contribution in [3.8, 4) is 0 Å². The largest absolute Gasteiger partial charge is 0.368 e. The van der Waals surface area contributed by atoms with Crippen LogP contribution in [0.3, 0.4) is 0 Å². The van der Waals surface area contributed by atoms with E-state index in [0.717, 1.165) is 18.8 Å². The Kier molecular flexibility index (Phi) is 2.59. The maximum atomic E-state index is 6.09. The van der Waals surface area contributed by atoms with Crippen molar-refractivity contribution < 1.29 is 4.74 Å². The summed E-state index contributed by atoms with van der Waals surface area (Å²) in [6, 6.07) is 0. The highest BCUT2D eigenvalue weighted by Crippen LogP contribution is 2.39. The van der Waals surface area contributed by atoms with Crippen LogP contribution in [0.4, 0.5) is 0 Å². The molecule has 3 heteroatoms. The van der Waals surface area contributed by atoms with Crippen molar-refractivity contribution in [3.63, 3.8) is 0 Å². The molecule has 1 aromatic rings. The SMILES string of the molecule is C[C@@H]1C[C@@H](c2cnn(C)c2)OC(C)(C)C1. The molecule has 3 nitrogen and oxygen atoms in total. The maximum Gasteiger partial charge on any atom is 0.0865 e. The second-order valence-electron chi connectivity index (χ2n) is 5.36. The van der Waals surface area contributed by atoms with E-state index < -0.39 is 0 Å². The Balaban J connectivity index is 2.16. The first kappa shape index (κ1) is 10.7. The molecular weight excluding hydrogens is 188 g/mol. The van der Waals surface area contributed by atoms with Gasteiger partial charge in [-0.05, 0) is 32.6 Å². The van der Waals surface area contributed by atoms with E-state index in [-0.39, 0.29) is 11.7 Å². The van der Waals surface area contributed by atoms with Gasteiger partial charge in [-0.1, -0.05) is 6.92 Å². The zero-order chi connectivity index (χ0) is 11.1. The lowest BCUT2D eigenvalue weighted by Gasteiger charge is -2.39. The van der Waals surface area contributed by atoms with Crippen LogP contribution in [0.5, 0.6) is 0 Å². The monoisotopic (exact) mass is 208 g/mol. The van der Waals surface area contributed by atoms with Crippen molar-refractivity contribution in [2.45, 2.75) is 45.3 Å². The molecule has 0 spiro atoms. The van der Waals surface area contributed by atoms with Crippen molar-refractivity contribution in [1.82, 2.24) is 9.78 Å². The van der Waals surface area contributed by atoms with E-state index in [1.165, 1.54) is 5.56 Å². The van der Waals surface area contributed by atoms with Crippen LogP contribution < -0.4 is 0 Å². The van der Waals surface area contributed by atoms with Crippen LogP contribution in [0.25, 0.3) is 0 Å². The highest BCUT2D eigenvalue weighted by atomic mass is 16.5. The molecule has 0 unspecified atom stereocenters. The van der Waals surface area contributed by atoms with E-state index in [1.807, 2.05) is 17.9 Å². The molecule has 1 fully saturated rings. The van der Waals surface area contributed by atoms with Crippen molar-refractivity contribution >= 4 is 0 Å². The number of hydrogen-bond acceptors (Lipinski definition) is 2. The summed E-state index contributed by atoms with van der Waals surface area (Å²) in [6.45, 7) is 6.64. The van der Waals surface area contributed by atoms with Gasteiger partial charge >= 0.3 is 0 Å². The average Bonchev–Trinajstić information content (AvgIpc) is 2.48. The summed E-state index contributed by atoms with van der Waals surface area (Å²) in [5, 5.41) is 4.20. The lowest BCUT2D eigenvalue weighted by molar-refractivity contribution is -0.125. The van der Waals surface area contributed by atoms with Gasteiger partial charge < -0.3 is 4.74 Å². The van der Waals surface area contributed by atoms with Crippen molar-refractivity contribution in [3.05, 3.63) is 18.0 Å². The molecule has 0 aromatic carbocycles. The second-order valence-corrected chi connectivity index (χ2v) is 5.36. The van der Waals surface area contributed by atoms with Crippen LogP contribution in [0.15, 0.2) is 12.4 Å². The molecule has 84 valence electrons. The number of aryl methyl sites for hydroxylation is 1. The molecule has 2 heterocycles. The second kappa shape index (κ2) is 3.63. The van der Waals surface area contributed by atoms with Gasteiger partial charge in [0, 0.05) is 18.8 Å². The predicted molar refractivity (Wildman–Crippen MR) is 59.5 cm³/mol. The van der Waals surface area contributed by atoms with Gasteiger partial charge in [0.2, 0.25) is 0 Å². The van der Waals surface area contributed by atoms with Crippen LogP contribution in [0.1, 0.15) is 45.3 Å². The Hall–Kier alpha value is -0.830. The predicted octanol–water partition coefficient (Wildman–Crippen LogP) is 2.69. The molecular formula is C12H20N2O. The quantitative estimate of drug-likeness (QED) is 0.709. The van der Waals surface area contributed by atoms with Crippen LogP contribution in [-0.2, 0) is 11.8 Å². The topological polar surface area (TPSA) is 27.1 Å². The Morgan fingerprint density at radius 2 is 2.27 bits per heavy atom. The van der Waals surface area contributed by atoms with Gasteiger partial charge in [-0.25, -0.2) is 0 Å². The third-order valence-electron chi connectivity index (χ3n) is 3.01. The number of rotatable bonds is 1. The molecule has 1 aliphatic heterocycles. The van der Waals surface area contributed by atoms with E-state index in [4.69, 9.17) is 4.74 Å². The molecule has 0 bridgehead atoms. The molecule has 2 rings (SSSR count). The number of aromatic nitrogens is 2. The lowest BCUT2D eigenvalue weighted by atomic mass is 9.85. The average molecular weight is 208 g/mol. The van der Waals surface area contributed by atoms with E-state index in [2.05, 4.69) is 32.1 Å². The smallest absolute Gasteiger partial charge is 0.0865 e. The number of nitrogens with zero attached hydrogens (tertiary/aromatic N) is 2. The van der Waals surface area contributed by atoms with Crippen LogP contribution in [0.2, 0.25) is 0 Å². The first-order chi connectivity index (χ1) is 6.96.